The number of aromatic amines is 1. The molecular weight excluding hydrogens is 202 g/mol. The monoisotopic (exact) mass is 213 g/mol. The van der Waals surface area contributed by atoms with E-state index in [1.165, 1.54) is 6.20 Å². The molecule has 2 N–H and O–H groups in total. The van der Waals surface area contributed by atoms with Crippen molar-refractivity contribution < 1.29 is 0 Å². The van der Waals surface area contributed by atoms with Gasteiger partial charge in [0.25, 0.3) is 5.56 Å². The number of aromatic nitrogens is 2. The Morgan fingerprint density at radius 3 is 3.21 bits per heavy atom. The number of rotatable bonds is 4. The summed E-state index contributed by atoms with van der Waals surface area (Å²) in [7, 11) is 0. The van der Waals surface area contributed by atoms with Crippen molar-refractivity contribution in [3.8, 4) is 0 Å². The van der Waals surface area contributed by atoms with Crippen molar-refractivity contribution in [1.29, 1.82) is 0 Å². The molecule has 1 heterocycles. The standard InChI is InChI=1S/C9H12ClN3O/c1-3-4-6(2)12-7-5-11-13-9(14)8(7)10/h3,5-6H,1,4H2,2H3,(H2,12,13,14). The van der Waals surface area contributed by atoms with Crippen LogP contribution < -0.4 is 10.9 Å². The smallest absolute Gasteiger partial charge is 0.285 e. The normalized spacial score (nSPS) is 12.1. The van der Waals surface area contributed by atoms with Crippen molar-refractivity contribution in [2.24, 2.45) is 0 Å². The predicted molar refractivity (Wildman–Crippen MR) is 57.8 cm³/mol. The first kappa shape index (κ1) is 10.8. The first-order valence-electron chi connectivity index (χ1n) is 4.25. The third-order valence-electron chi connectivity index (χ3n) is 1.72. The number of hydrogen-bond acceptors (Lipinski definition) is 3. The third-order valence-corrected chi connectivity index (χ3v) is 2.09. The van der Waals surface area contributed by atoms with Crippen LogP contribution in [0, 0.1) is 0 Å². The van der Waals surface area contributed by atoms with Gasteiger partial charge in [-0.15, -0.1) is 6.58 Å². The minimum absolute atomic E-state index is 0.135. The molecule has 0 amide bonds. The van der Waals surface area contributed by atoms with E-state index in [1.54, 1.807) is 6.08 Å². The molecule has 1 unspecified atom stereocenters. The Labute approximate surface area is 87.0 Å². The zero-order chi connectivity index (χ0) is 10.6. The summed E-state index contributed by atoms with van der Waals surface area (Å²) in [6.07, 6.45) is 4.08. The highest BCUT2D eigenvalue weighted by Gasteiger charge is 2.06. The van der Waals surface area contributed by atoms with Gasteiger partial charge >= 0.3 is 0 Å². The molecule has 0 fully saturated rings. The molecular formula is C9H12ClN3O. The van der Waals surface area contributed by atoms with Crippen LogP contribution in [0.3, 0.4) is 0 Å². The van der Waals surface area contributed by atoms with Gasteiger partial charge in [-0.1, -0.05) is 17.7 Å². The summed E-state index contributed by atoms with van der Waals surface area (Å²) in [5.41, 5.74) is 0.159. The fourth-order valence-electron chi connectivity index (χ4n) is 1.06. The van der Waals surface area contributed by atoms with E-state index in [4.69, 9.17) is 11.6 Å². The van der Waals surface area contributed by atoms with Crippen molar-refractivity contribution in [2.75, 3.05) is 5.32 Å². The van der Waals surface area contributed by atoms with Crippen LogP contribution in [0.1, 0.15) is 13.3 Å². The quantitative estimate of drug-likeness (QED) is 0.750. The molecule has 1 atom stereocenters. The van der Waals surface area contributed by atoms with Gasteiger partial charge < -0.3 is 5.32 Å². The summed E-state index contributed by atoms with van der Waals surface area (Å²) >= 11 is 5.77. The van der Waals surface area contributed by atoms with Gasteiger partial charge in [0, 0.05) is 6.04 Å². The summed E-state index contributed by atoms with van der Waals surface area (Å²) < 4.78 is 0. The van der Waals surface area contributed by atoms with Gasteiger partial charge in [-0.3, -0.25) is 4.79 Å². The average molecular weight is 214 g/mol. The lowest BCUT2D eigenvalue weighted by Crippen LogP contribution is -2.18. The molecule has 5 heteroatoms. The van der Waals surface area contributed by atoms with Gasteiger partial charge in [0.05, 0.1) is 11.9 Å². The molecule has 76 valence electrons. The van der Waals surface area contributed by atoms with E-state index < -0.39 is 0 Å². The van der Waals surface area contributed by atoms with Crippen molar-refractivity contribution in [2.45, 2.75) is 19.4 Å². The first-order valence-corrected chi connectivity index (χ1v) is 4.63. The van der Waals surface area contributed by atoms with Gasteiger partial charge in [-0.05, 0) is 13.3 Å². The van der Waals surface area contributed by atoms with Crippen molar-refractivity contribution in [3.05, 3.63) is 34.2 Å². The van der Waals surface area contributed by atoms with Crippen molar-refractivity contribution in [3.63, 3.8) is 0 Å². The second-order valence-electron chi connectivity index (χ2n) is 3.00. The summed E-state index contributed by atoms with van der Waals surface area (Å²) in [5.74, 6) is 0. The molecule has 0 aromatic carbocycles. The maximum absolute atomic E-state index is 11.1. The van der Waals surface area contributed by atoms with Crippen LogP contribution in [0.5, 0.6) is 0 Å². The zero-order valence-electron chi connectivity index (χ0n) is 7.88. The van der Waals surface area contributed by atoms with Crippen molar-refractivity contribution in [1.82, 2.24) is 10.2 Å². The molecule has 0 bridgehead atoms. The molecule has 14 heavy (non-hydrogen) atoms. The number of halogens is 1. The Balaban J connectivity index is 2.81. The summed E-state index contributed by atoms with van der Waals surface area (Å²) in [6.45, 7) is 5.60. The number of anilines is 1. The Hall–Kier alpha value is -1.29. The van der Waals surface area contributed by atoms with E-state index in [2.05, 4.69) is 22.1 Å². The van der Waals surface area contributed by atoms with Crippen molar-refractivity contribution >= 4 is 17.3 Å². The molecule has 0 saturated carbocycles. The van der Waals surface area contributed by atoms with E-state index in [0.29, 0.717) is 5.69 Å². The predicted octanol–water partition coefficient (Wildman–Crippen LogP) is 1.80. The van der Waals surface area contributed by atoms with Crippen LogP contribution in [-0.4, -0.2) is 16.2 Å². The molecule has 1 rings (SSSR count). The number of hydrogen-bond donors (Lipinski definition) is 2. The maximum atomic E-state index is 11.1. The molecule has 0 spiro atoms. The zero-order valence-corrected chi connectivity index (χ0v) is 8.64. The van der Waals surface area contributed by atoms with Gasteiger partial charge in [0.15, 0.2) is 0 Å². The minimum Gasteiger partial charge on any atom is -0.380 e. The SMILES string of the molecule is C=CCC(C)Nc1cn[nH]c(=O)c1Cl. The number of nitrogens with zero attached hydrogens (tertiary/aromatic N) is 1. The lowest BCUT2D eigenvalue weighted by molar-refractivity contribution is 0.810. The number of nitrogens with one attached hydrogen (secondary N) is 2. The van der Waals surface area contributed by atoms with Crippen LogP contribution in [0.2, 0.25) is 5.02 Å². The largest absolute Gasteiger partial charge is 0.380 e. The van der Waals surface area contributed by atoms with Crippen LogP contribution in [-0.2, 0) is 0 Å². The van der Waals surface area contributed by atoms with Crippen LogP contribution in [0.4, 0.5) is 5.69 Å². The van der Waals surface area contributed by atoms with Gasteiger partial charge in [-0.25, -0.2) is 5.10 Å². The molecule has 0 aliphatic carbocycles. The molecule has 0 radical (unpaired) electrons. The second kappa shape index (κ2) is 4.81. The van der Waals surface area contributed by atoms with E-state index in [0.717, 1.165) is 6.42 Å². The van der Waals surface area contributed by atoms with Crippen LogP contribution in [0.25, 0.3) is 0 Å². The van der Waals surface area contributed by atoms with Gasteiger partial charge in [0.1, 0.15) is 5.02 Å². The summed E-state index contributed by atoms with van der Waals surface area (Å²) in [4.78, 5) is 11.1. The molecule has 1 aromatic heterocycles. The summed E-state index contributed by atoms with van der Waals surface area (Å²) in [5, 5.41) is 9.10. The van der Waals surface area contributed by atoms with Crippen LogP contribution >= 0.6 is 11.6 Å². The van der Waals surface area contributed by atoms with Gasteiger partial charge in [0.2, 0.25) is 0 Å². The highest BCUT2D eigenvalue weighted by atomic mass is 35.5. The van der Waals surface area contributed by atoms with E-state index in [9.17, 15) is 4.79 Å². The molecule has 0 aliphatic heterocycles. The lowest BCUT2D eigenvalue weighted by atomic mass is 10.2. The topological polar surface area (TPSA) is 57.8 Å². The second-order valence-corrected chi connectivity index (χ2v) is 3.37. The van der Waals surface area contributed by atoms with E-state index in [1.807, 2.05) is 6.92 Å². The highest BCUT2D eigenvalue weighted by molar-refractivity contribution is 6.32. The first-order chi connectivity index (χ1) is 6.65. The van der Waals surface area contributed by atoms with E-state index in [-0.39, 0.29) is 16.6 Å². The Bertz CT molecular complexity index is 375. The van der Waals surface area contributed by atoms with Gasteiger partial charge in [-0.2, -0.15) is 5.10 Å². The maximum Gasteiger partial charge on any atom is 0.285 e. The molecule has 0 aliphatic rings. The highest BCUT2D eigenvalue weighted by Crippen LogP contribution is 2.16. The Morgan fingerprint density at radius 1 is 1.86 bits per heavy atom. The number of H-pyrrole nitrogens is 1. The molecule has 4 nitrogen and oxygen atoms in total. The van der Waals surface area contributed by atoms with E-state index >= 15 is 0 Å². The lowest BCUT2D eigenvalue weighted by Gasteiger charge is -2.12. The summed E-state index contributed by atoms with van der Waals surface area (Å²) in [6, 6.07) is 0.175. The minimum atomic E-state index is -0.387. The molecule has 1 aromatic rings. The third kappa shape index (κ3) is 2.60. The van der Waals surface area contributed by atoms with Crippen LogP contribution in [0.15, 0.2) is 23.6 Å². The molecule has 0 saturated heterocycles. The Morgan fingerprint density at radius 2 is 2.57 bits per heavy atom. The fraction of sp³-hybridized carbons (Fsp3) is 0.333. The average Bonchev–Trinajstić information content (AvgIpc) is 2.13. The Kier molecular flexibility index (Phi) is 3.71. The fourth-order valence-corrected chi connectivity index (χ4v) is 1.20.